The van der Waals surface area contributed by atoms with E-state index in [9.17, 15) is 0 Å². The fourth-order valence-electron chi connectivity index (χ4n) is 1.71. The highest BCUT2D eigenvalue weighted by Crippen LogP contribution is 2.11. The van der Waals surface area contributed by atoms with E-state index >= 15 is 0 Å². The number of rotatable bonds is 10. The summed E-state index contributed by atoms with van der Waals surface area (Å²) in [6.45, 7) is 4.47. The monoisotopic (exact) mass is 261 g/mol. The lowest BCUT2D eigenvalue weighted by molar-refractivity contribution is 0.116. The smallest absolute Gasteiger partial charge is 0.119 e. The number of hydrogen-bond donors (Lipinski definition) is 0. The summed E-state index contributed by atoms with van der Waals surface area (Å²) in [6.07, 6.45) is 5.87. The first kappa shape index (κ1) is 15.5. The van der Waals surface area contributed by atoms with Crippen LogP contribution in [0, 0.1) is 11.3 Å². The summed E-state index contributed by atoms with van der Waals surface area (Å²) in [6, 6.07) is 9.26. The Bertz CT molecular complexity index is 367. The Hall–Kier alpha value is -1.53. The summed E-state index contributed by atoms with van der Waals surface area (Å²) in [4.78, 5) is 0. The number of unbranched alkanes of at least 4 members (excludes halogenated alkanes) is 3. The number of benzene rings is 1. The molecule has 0 bridgehead atoms. The second-order valence-corrected chi connectivity index (χ2v) is 4.51. The molecule has 19 heavy (non-hydrogen) atoms. The molecule has 1 aromatic carbocycles. The third kappa shape index (κ3) is 7.48. The molecule has 0 aliphatic heterocycles. The van der Waals surface area contributed by atoms with Crippen LogP contribution >= 0.6 is 0 Å². The molecular formula is C16H23NO2. The Kier molecular flexibility index (Phi) is 8.50. The Morgan fingerprint density at radius 3 is 2.37 bits per heavy atom. The predicted molar refractivity (Wildman–Crippen MR) is 76.2 cm³/mol. The zero-order valence-corrected chi connectivity index (χ0v) is 11.7. The molecule has 0 radical (unpaired) electrons. The topological polar surface area (TPSA) is 42.2 Å². The number of ether oxygens (including phenoxy) is 2. The van der Waals surface area contributed by atoms with E-state index in [0.717, 1.165) is 31.8 Å². The normalized spacial score (nSPS) is 10.1. The van der Waals surface area contributed by atoms with Gasteiger partial charge < -0.3 is 9.47 Å². The van der Waals surface area contributed by atoms with Crippen LogP contribution in [0.2, 0.25) is 0 Å². The molecule has 3 heteroatoms. The Balaban J connectivity index is 1.97. The molecule has 0 aliphatic carbocycles. The lowest BCUT2D eigenvalue weighted by atomic mass is 10.2. The van der Waals surface area contributed by atoms with Crippen LogP contribution in [0.5, 0.6) is 5.75 Å². The SMILES string of the molecule is CCCCCCOCCCOc1ccc(C#N)cc1. The van der Waals surface area contributed by atoms with Gasteiger partial charge in [-0.15, -0.1) is 0 Å². The van der Waals surface area contributed by atoms with Gasteiger partial charge in [0.1, 0.15) is 5.75 Å². The quantitative estimate of drug-likeness (QED) is 0.599. The molecule has 0 atom stereocenters. The average Bonchev–Trinajstić information content (AvgIpc) is 2.46. The van der Waals surface area contributed by atoms with Gasteiger partial charge in [-0.1, -0.05) is 26.2 Å². The molecule has 0 saturated heterocycles. The molecule has 104 valence electrons. The summed E-state index contributed by atoms with van der Waals surface area (Å²) < 4.78 is 11.1. The van der Waals surface area contributed by atoms with Crippen molar-refractivity contribution in [3.63, 3.8) is 0 Å². The van der Waals surface area contributed by atoms with Crippen molar-refractivity contribution < 1.29 is 9.47 Å². The van der Waals surface area contributed by atoms with Gasteiger partial charge in [0.25, 0.3) is 0 Å². The minimum Gasteiger partial charge on any atom is -0.494 e. The van der Waals surface area contributed by atoms with Crippen LogP contribution in [0.3, 0.4) is 0 Å². The van der Waals surface area contributed by atoms with Gasteiger partial charge in [0, 0.05) is 19.6 Å². The van der Waals surface area contributed by atoms with Crippen molar-refractivity contribution >= 4 is 0 Å². The van der Waals surface area contributed by atoms with E-state index in [2.05, 4.69) is 13.0 Å². The Labute approximate surface area is 116 Å². The first-order valence-electron chi connectivity index (χ1n) is 7.07. The van der Waals surface area contributed by atoms with Crippen molar-refractivity contribution in [3.8, 4) is 11.8 Å². The van der Waals surface area contributed by atoms with Crippen molar-refractivity contribution in [2.24, 2.45) is 0 Å². The molecule has 0 heterocycles. The van der Waals surface area contributed by atoms with Crippen molar-refractivity contribution in [3.05, 3.63) is 29.8 Å². The fourth-order valence-corrected chi connectivity index (χ4v) is 1.71. The van der Waals surface area contributed by atoms with Gasteiger partial charge in [-0.2, -0.15) is 5.26 Å². The lowest BCUT2D eigenvalue weighted by Gasteiger charge is -2.07. The minimum atomic E-state index is 0.654. The van der Waals surface area contributed by atoms with Crippen LogP contribution in [0.1, 0.15) is 44.6 Å². The summed E-state index contributed by atoms with van der Waals surface area (Å²) in [5, 5.41) is 8.67. The molecule has 0 saturated carbocycles. The summed E-state index contributed by atoms with van der Waals surface area (Å²) in [5.74, 6) is 0.807. The van der Waals surface area contributed by atoms with Crippen molar-refractivity contribution in [2.45, 2.75) is 39.0 Å². The molecule has 3 nitrogen and oxygen atoms in total. The minimum absolute atomic E-state index is 0.654. The highest BCUT2D eigenvalue weighted by Gasteiger charge is 1.95. The molecule has 1 rings (SSSR count). The predicted octanol–water partition coefficient (Wildman–Crippen LogP) is 3.92. The molecule has 1 aromatic rings. The highest BCUT2D eigenvalue weighted by molar-refractivity contribution is 5.34. The van der Waals surface area contributed by atoms with Crippen molar-refractivity contribution in [2.75, 3.05) is 19.8 Å². The summed E-state index contributed by atoms with van der Waals surface area (Å²) in [7, 11) is 0. The van der Waals surface area contributed by atoms with E-state index in [1.54, 1.807) is 12.1 Å². The van der Waals surface area contributed by atoms with E-state index < -0.39 is 0 Å². The molecular weight excluding hydrogens is 238 g/mol. The molecule has 0 N–H and O–H groups in total. The second kappa shape index (κ2) is 10.4. The maximum atomic E-state index is 8.67. The van der Waals surface area contributed by atoms with Crippen LogP contribution in [-0.4, -0.2) is 19.8 Å². The molecule has 0 spiro atoms. The third-order valence-corrected chi connectivity index (χ3v) is 2.83. The van der Waals surface area contributed by atoms with Gasteiger partial charge >= 0.3 is 0 Å². The Morgan fingerprint density at radius 1 is 0.947 bits per heavy atom. The standard InChI is InChI=1S/C16H23NO2/c1-2-3-4-5-11-18-12-6-13-19-16-9-7-15(14-17)8-10-16/h7-10H,2-6,11-13H2,1H3. The van der Waals surface area contributed by atoms with Crippen LogP contribution < -0.4 is 4.74 Å². The van der Waals surface area contributed by atoms with E-state index in [1.165, 1.54) is 19.3 Å². The zero-order valence-electron chi connectivity index (χ0n) is 11.7. The van der Waals surface area contributed by atoms with Crippen LogP contribution in [0.4, 0.5) is 0 Å². The highest BCUT2D eigenvalue weighted by atomic mass is 16.5. The Morgan fingerprint density at radius 2 is 1.68 bits per heavy atom. The molecule has 0 aliphatic rings. The van der Waals surface area contributed by atoms with Crippen LogP contribution in [0.25, 0.3) is 0 Å². The number of nitrogens with zero attached hydrogens (tertiary/aromatic N) is 1. The lowest BCUT2D eigenvalue weighted by Crippen LogP contribution is -2.04. The van der Waals surface area contributed by atoms with Crippen LogP contribution in [0.15, 0.2) is 24.3 Å². The first-order valence-corrected chi connectivity index (χ1v) is 7.07. The van der Waals surface area contributed by atoms with Gasteiger partial charge in [-0.05, 0) is 30.7 Å². The zero-order chi connectivity index (χ0) is 13.8. The van der Waals surface area contributed by atoms with Gasteiger partial charge in [0.05, 0.1) is 18.2 Å². The fraction of sp³-hybridized carbons (Fsp3) is 0.562. The largest absolute Gasteiger partial charge is 0.494 e. The van der Waals surface area contributed by atoms with Gasteiger partial charge in [0.15, 0.2) is 0 Å². The molecule has 0 aromatic heterocycles. The number of nitriles is 1. The van der Waals surface area contributed by atoms with E-state index in [1.807, 2.05) is 12.1 Å². The maximum Gasteiger partial charge on any atom is 0.119 e. The van der Waals surface area contributed by atoms with Crippen LogP contribution in [-0.2, 0) is 4.74 Å². The van der Waals surface area contributed by atoms with Crippen molar-refractivity contribution in [1.82, 2.24) is 0 Å². The van der Waals surface area contributed by atoms with E-state index in [4.69, 9.17) is 14.7 Å². The third-order valence-electron chi connectivity index (χ3n) is 2.83. The molecule has 0 fully saturated rings. The molecule has 0 amide bonds. The van der Waals surface area contributed by atoms with Gasteiger partial charge in [-0.3, -0.25) is 0 Å². The van der Waals surface area contributed by atoms with Crippen molar-refractivity contribution in [1.29, 1.82) is 5.26 Å². The molecule has 0 unspecified atom stereocenters. The summed E-state index contributed by atoms with van der Waals surface area (Å²) in [5.41, 5.74) is 0.655. The average molecular weight is 261 g/mol. The summed E-state index contributed by atoms with van der Waals surface area (Å²) >= 11 is 0. The second-order valence-electron chi connectivity index (χ2n) is 4.51. The first-order chi connectivity index (χ1) is 9.36. The van der Waals surface area contributed by atoms with E-state index in [0.29, 0.717) is 12.2 Å². The maximum absolute atomic E-state index is 8.67. The number of hydrogen-bond acceptors (Lipinski definition) is 3. The van der Waals surface area contributed by atoms with Gasteiger partial charge in [0.2, 0.25) is 0 Å². The van der Waals surface area contributed by atoms with Gasteiger partial charge in [-0.25, -0.2) is 0 Å². The van der Waals surface area contributed by atoms with E-state index in [-0.39, 0.29) is 0 Å².